The number of aliphatic carboxylic acids is 1. The Bertz CT molecular complexity index is 359. The number of ether oxygens (including phenoxy) is 1. The average molecular weight is 287 g/mol. The molecule has 0 bridgehead atoms. The topological polar surface area (TPSA) is 87.1 Å². The molecule has 0 heterocycles. The molecule has 0 aromatic heterocycles. The fraction of sp³-hybridized carbons (Fsp3) is 0.857. The van der Waals surface area contributed by atoms with Crippen LogP contribution in [0.5, 0.6) is 0 Å². The van der Waals surface area contributed by atoms with Crippen molar-refractivity contribution in [2.24, 2.45) is 0 Å². The Morgan fingerprint density at radius 1 is 1.35 bits per heavy atom. The van der Waals surface area contributed by atoms with Crippen LogP contribution >= 0.6 is 0 Å². The van der Waals surface area contributed by atoms with E-state index in [0.717, 1.165) is 12.8 Å². The van der Waals surface area contributed by atoms with Crippen molar-refractivity contribution >= 4 is 12.1 Å². The predicted molar refractivity (Wildman–Crippen MR) is 73.4 cm³/mol. The number of carbonyl (C=O) groups is 2. The van der Waals surface area contributed by atoms with Crippen LogP contribution in [0, 0.1) is 0 Å². The van der Waals surface area contributed by atoms with Crippen LogP contribution in [0.3, 0.4) is 0 Å². The van der Waals surface area contributed by atoms with Crippen LogP contribution in [0.1, 0.15) is 53.4 Å². The third-order valence-electron chi connectivity index (χ3n) is 3.10. The number of carboxylic acid groups (broad SMARTS) is 1. The summed E-state index contributed by atoms with van der Waals surface area (Å²) >= 11 is 0. The predicted octanol–water partition coefficient (Wildman–Crippen LogP) is 2.00. The van der Waals surface area contributed by atoms with Gasteiger partial charge in [-0.25, -0.2) is 9.59 Å². The number of aliphatic hydroxyl groups excluding tert-OH is 1. The van der Waals surface area contributed by atoms with Crippen molar-refractivity contribution in [1.82, 2.24) is 4.90 Å². The third-order valence-corrected chi connectivity index (χ3v) is 3.10. The molecule has 0 spiro atoms. The fourth-order valence-electron chi connectivity index (χ4n) is 2.13. The number of nitrogens with zero attached hydrogens (tertiary/aromatic N) is 1. The standard InChI is InChI=1S/C14H25NO5/c1-5-6-10(11(16)12(17)18)15(9-7-8-9)13(19)20-14(2,3)4/h9-11,16H,5-8H2,1-4H3,(H,17,18). The second-order valence-corrected chi connectivity index (χ2v) is 6.26. The van der Waals surface area contributed by atoms with Crippen LogP contribution in [0.25, 0.3) is 0 Å². The minimum absolute atomic E-state index is 0.0181. The molecule has 0 aromatic rings. The van der Waals surface area contributed by atoms with Crippen molar-refractivity contribution in [3.8, 4) is 0 Å². The van der Waals surface area contributed by atoms with Crippen molar-refractivity contribution in [3.63, 3.8) is 0 Å². The highest BCUT2D eigenvalue weighted by atomic mass is 16.6. The molecular formula is C14H25NO5. The Labute approximate surface area is 119 Å². The number of hydrogen-bond acceptors (Lipinski definition) is 4. The lowest BCUT2D eigenvalue weighted by Crippen LogP contribution is -2.52. The van der Waals surface area contributed by atoms with Crippen molar-refractivity contribution in [2.75, 3.05) is 0 Å². The second kappa shape index (κ2) is 6.43. The van der Waals surface area contributed by atoms with Gasteiger partial charge in [0, 0.05) is 6.04 Å². The van der Waals surface area contributed by atoms with E-state index < -0.39 is 29.8 Å². The second-order valence-electron chi connectivity index (χ2n) is 6.26. The molecule has 1 rings (SSSR count). The van der Waals surface area contributed by atoms with Crippen LogP contribution in [0.4, 0.5) is 4.79 Å². The quantitative estimate of drug-likeness (QED) is 0.780. The van der Waals surface area contributed by atoms with E-state index in [0.29, 0.717) is 12.8 Å². The molecule has 2 atom stereocenters. The van der Waals surface area contributed by atoms with Crippen LogP contribution in [-0.4, -0.2) is 51.0 Å². The van der Waals surface area contributed by atoms with Gasteiger partial charge in [0.25, 0.3) is 0 Å². The molecule has 0 saturated heterocycles. The van der Waals surface area contributed by atoms with Crippen LogP contribution in [0.2, 0.25) is 0 Å². The van der Waals surface area contributed by atoms with Crippen molar-refractivity contribution < 1.29 is 24.5 Å². The molecule has 6 heteroatoms. The summed E-state index contributed by atoms with van der Waals surface area (Å²) in [7, 11) is 0. The first-order valence-electron chi connectivity index (χ1n) is 7.09. The van der Waals surface area contributed by atoms with Gasteiger partial charge in [0.15, 0.2) is 6.10 Å². The van der Waals surface area contributed by atoms with Crippen LogP contribution < -0.4 is 0 Å². The van der Waals surface area contributed by atoms with E-state index in [1.165, 1.54) is 4.90 Å². The summed E-state index contributed by atoms with van der Waals surface area (Å²) in [6.45, 7) is 7.18. The highest BCUT2D eigenvalue weighted by Gasteiger charge is 2.43. The molecule has 1 saturated carbocycles. The zero-order chi connectivity index (χ0) is 15.5. The normalized spacial score (nSPS) is 18.2. The van der Waals surface area contributed by atoms with Gasteiger partial charge in [0.1, 0.15) is 5.60 Å². The van der Waals surface area contributed by atoms with Gasteiger partial charge in [-0.1, -0.05) is 13.3 Å². The first-order chi connectivity index (χ1) is 9.17. The maximum absolute atomic E-state index is 12.3. The lowest BCUT2D eigenvalue weighted by Gasteiger charge is -2.35. The van der Waals surface area contributed by atoms with Gasteiger partial charge >= 0.3 is 12.1 Å². The lowest BCUT2D eigenvalue weighted by molar-refractivity contribution is -0.150. The summed E-state index contributed by atoms with van der Waals surface area (Å²) in [5.41, 5.74) is -0.644. The minimum atomic E-state index is -1.58. The summed E-state index contributed by atoms with van der Waals surface area (Å²) in [5.74, 6) is -1.31. The van der Waals surface area contributed by atoms with E-state index in [1.807, 2.05) is 6.92 Å². The number of rotatable bonds is 6. The van der Waals surface area contributed by atoms with Gasteiger partial charge in [-0.05, 0) is 40.0 Å². The number of carboxylic acids is 1. The number of carbonyl (C=O) groups excluding carboxylic acids is 1. The lowest BCUT2D eigenvalue weighted by atomic mass is 10.0. The molecule has 116 valence electrons. The molecule has 6 nitrogen and oxygen atoms in total. The fourth-order valence-corrected chi connectivity index (χ4v) is 2.13. The zero-order valence-electron chi connectivity index (χ0n) is 12.6. The molecule has 0 aromatic carbocycles. The van der Waals surface area contributed by atoms with Crippen LogP contribution in [0.15, 0.2) is 0 Å². The summed E-state index contributed by atoms with van der Waals surface area (Å²) in [6, 6.07) is -0.754. The average Bonchev–Trinajstić information content (AvgIpc) is 3.09. The van der Waals surface area contributed by atoms with Gasteiger partial charge in [-0.3, -0.25) is 4.90 Å². The smallest absolute Gasteiger partial charge is 0.410 e. The van der Waals surface area contributed by atoms with Gasteiger partial charge < -0.3 is 14.9 Å². The Kier molecular flexibility index (Phi) is 5.39. The molecule has 20 heavy (non-hydrogen) atoms. The van der Waals surface area contributed by atoms with Crippen molar-refractivity contribution in [1.29, 1.82) is 0 Å². The molecule has 1 aliphatic rings. The van der Waals surface area contributed by atoms with E-state index in [9.17, 15) is 14.7 Å². The van der Waals surface area contributed by atoms with E-state index in [2.05, 4.69) is 0 Å². The Balaban J connectivity index is 2.90. The minimum Gasteiger partial charge on any atom is -0.479 e. The zero-order valence-corrected chi connectivity index (χ0v) is 12.6. The first-order valence-corrected chi connectivity index (χ1v) is 7.09. The maximum atomic E-state index is 12.3. The van der Waals surface area contributed by atoms with E-state index in [-0.39, 0.29) is 6.04 Å². The van der Waals surface area contributed by atoms with E-state index >= 15 is 0 Å². The Hall–Kier alpha value is -1.30. The van der Waals surface area contributed by atoms with Gasteiger partial charge in [0.05, 0.1) is 6.04 Å². The maximum Gasteiger partial charge on any atom is 0.410 e. The van der Waals surface area contributed by atoms with Crippen molar-refractivity contribution in [3.05, 3.63) is 0 Å². The van der Waals surface area contributed by atoms with Gasteiger partial charge in [-0.2, -0.15) is 0 Å². The SMILES string of the molecule is CCCC(C(O)C(=O)O)N(C(=O)OC(C)(C)C)C1CC1. The summed E-state index contributed by atoms with van der Waals surface area (Å²) in [4.78, 5) is 24.7. The highest BCUT2D eigenvalue weighted by Crippen LogP contribution is 2.32. The molecule has 1 amide bonds. The summed E-state index contributed by atoms with van der Waals surface area (Å²) < 4.78 is 5.34. The molecule has 2 unspecified atom stereocenters. The molecule has 0 radical (unpaired) electrons. The van der Waals surface area contributed by atoms with E-state index in [4.69, 9.17) is 9.84 Å². The van der Waals surface area contributed by atoms with E-state index in [1.54, 1.807) is 20.8 Å². The highest BCUT2D eigenvalue weighted by molar-refractivity contribution is 5.75. The Morgan fingerprint density at radius 2 is 1.90 bits per heavy atom. The molecular weight excluding hydrogens is 262 g/mol. The van der Waals surface area contributed by atoms with Gasteiger partial charge in [0.2, 0.25) is 0 Å². The number of hydrogen-bond donors (Lipinski definition) is 2. The first kappa shape index (κ1) is 16.8. The largest absolute Gasteiger partial charge is 0.479 e. The third kappa shape index (κ3) is 4.67. The molecule has 1 fully saturated rings. The number of aliphatic hydroxyl groups is 1. The molecule has 2 N–H and O–H groups in total. The monoisotopic (exact) mass is 287 g/mol. The Morgan fingerprint density at radius 3 is 2.25 bits per heavy atom. The van der Waals surface area contributed by atoms with Crippen LogP contribution in [-0.2, 0) is 9.53 Å². The number of amides is 1. The molecule has 0 aliphatic heterocycles. The summed E-state index contributed by atoms with van der Waals surface area (Å²) in [5, 5.41) is 18.9. The molecule has 1 aliphatic carbocycles. The summed E-state index contributed by atoms with van der Waals surface area (Å²) in [6.07, 6.45) is 0.642. The van der Waals surface area contributed by atoms with Gasteiger partial charge in [-0.15, -0.1) is 0 Å². The van der Waals surface area contributed by atoms with Crippen molar-refractivity contribution in [2.45, 2.75) is 77.2 Å².